The normalized spacial score (nSPS) is 13.0. The van der Waals surface area contributed by atoms with E-state index in [2.05, 4.69) is 27.5 Å². The summed E-state index contributed by atoms with van der Waals surface area (Å²) in [5, 5.41) is 19.7. The van der Waals surface area contributed by atoms with Gasteiger partial charge in [0, 0.05) is 26.2 Å². The highest BCUT2D eigenvalue weighted by molar-refractivity contribution is 7.07. The number of nitrogens with one attached hydrogen (secondary N) is 2. The Morgan fingerprint density at radius 1 is 1.43 bits per heavy atom. The van der Waals surface area contributed by atoms with E-state index in [-0.39, 0.29) is 6.10 Å². The van der Waals surface area contributed by atoms with Gasteiger partial charge in [-0.05, 0) is 29.3 Å². The van der Waals surface area contributed by atoms with Crippen molar-refractivity contribution in [1.82, 2.24) is 10.6 Å². The lowest BCUT2D eigenvalue weighted by molar-refractivity contribution is 0.191. The summed E-state index contributed by atoms with van der Waals surface area (Å²) in [6.07, 6.45) is -0.258. The molecule has 1 unspecified atom stereocenters. The molecule has 3 N–H and O–H groups in total. The monoisotopic (exact) mass is 214 g/mol. The topological polar surface area (TPSA) is 44.3 Å². The lowest BCUT2D eigenvalue weighted by Crippen LogP contribution is -2.31. The van der Waals surface area contributed by atoms with E-state index in [1.54, 1.807) is 18.3 Å². The molecule has 0 aliphatic carbocycles. The third-order valence-electron chi connectivity index (χ3n) is 1.83. The molecule has 0 aliphatic heterocycles. The average molecular weight is 214 g/mol. The number of aliphatic hydroxyl groups excluding tert-OH is 1. The van der Waals surface area contributed by atoms with E-state index < -0.39 is 0 Å². The van der Waals surface area contributed by atoms with Gasteiger partial charge in [0.2, 0.25) is 0 Å². The van der Waals surface area contributed by atoms with E-state index in [0.29, 0.717) is 6.54 Å². The van der Waals surface area contributed by atoms with Crippen LogP contribution in [0.1, 0.15) is 12.5 Å². The Bertz CT molecular complexity index is 224. The smallest absolute Gasteiger partial charge is 0.0636 e. The molecule has 1 aromatic heterocycles. The van der Waals surface area contributed by atoms with Crippen LogP contribution >= 0.6 is 11.3 Å². The maximum absolute atomic E-state index is 8.98. The summed E-state index contributed by atoms with van der Waals surface area (Å²) in [6.45, 7) is 5.21. The molecule has 3 nitrogen and oxygen atoms in total. The molecular formula is C10H18N2OS. The number of hydrogen-bond donors (Lipinski definition) is 3. The molecule has 0 fully saturated rings. The first-order chi connectivity index (χ1) is 6.79. The Morgan fingerprint density at radius 2 is 2.21 bits per heavy atom. The highest BCUT2D eigenvalue weighted by Crippen LogP contribution is 2.04. The Labute approximate surface area is 89.2 Å². The van der Waals surface area contributed by atoms with Gasteiger partial charge in [-0.1, -0.05) is 0 Å². The molecule has 0 radical (unpaired) electrons. The summed E-state index contributed by atoms with van der Waals surface area (Å²) in [5.74, 6) is 0. The molecule has 80 valence electrons. The molecular weight excluding hydrogens is 196 g/mol. The minimum absolute atomic E-state index is 0.258. The van der Waals surface area contributed by atoms with Crippen LogP contribution in [0.4, 0.5) is 0 Å². The van der Waals surface area contributed by atoms with E-state index in [9.17, 15) is 0 Å². The van der Waals surface area contributed by atoms with Crippen molar-refractivity contribution in [2.75, 3.05) is 19.6 Å². The summed E-state index contributed by atoms with van der Waals surface area (Å²) in [7, 11) is 0. The highest BCUT2D eigenvalue weighted by atomic mass is 32.1. The number of aliphatic hydroxyl groups is 1. The molecule has 1 atom stereocenters. The fourth-order valence-electron chi connectivity index (χ4n) is 1.11. The van der Waals surface area contributed by atoms with E-state index >= 15 is 0 Å². The number of rotatable bonds is 7. The van der Waals surface area contributed by atoms with E-state index in [4.69, 9.17) is 5.11 Å². The number of thiophene rings is 1. The van der Waals surface area contributed by atoms with Gasteiger partial charge >= 0.3 is 0 Å². The second-order valence-electron chi connectivity index (χ2n) is 3.36. The molecule has 14 heavy (non-hydrogen) atoms. The van der Waals surface area contributed by atoms with E-state index in [1.165, 1.54) is 5.56 Å². The lowest BCUT2D eigenvalue weighted by Gasteiger charge is -2.07. The van der Waals surface area contributed by atoms with Crippen LogP contribution in [-0.4, -0.2) is 30.8 Å². The standard InChI is InChI=1S/C10H18N2OS/c1-9(13)6-11-3-4-12-7-10-2-5-14-8-10/h2,5,8-9,11-13H,3-4,6-7H2,1H3. The summed E-state index contributed by atoms with van der Waals surface area (Å²) in [5.41, 5.74) is 1.34. The van der Waals surface area contributed by atoms with Crippen LogP contribution in [0, 0.1) is 0 Å². The second-order valence-corrected chi connectivity index (χ2v) is 4.14. The highest BCUT2D eigenvalue weighted by Gasteiger charge is 1.94. The Kier molecular flexibility index (Phi) is 5.78. The summed E-state index contributed by atoms with van der Waals surface area (Å²) in [6, 6.07) is 2.13. The van der Waals surface area contributed by atoms with Gasteiger partial charge in [-0.25, -0.2) is 0 Å². The zero-order valence-corrected chi connectivity index (χ0v) is 9.31. The lowest BCUT2D eigenvalue weighted by atomic mass is 10.3. The first-order valence-corrected chi connectivity index (χ1v) is 5.84. The van der Waals surface area contributed by atoms with Crippen LogP contribution in [0.15, 0.2) is 16.8 Å². The Balaban J connectivity index is 1.90. The van der Waals surface area contributed by atoms with Gasteiger partial charge in [0.1, 0.15) is 0 Å². The minimum Gasteiger partial charge on any atom is -0.392 e. The molecule has 4 heteroatoms. The molecule has 0 saturated heterocycles. The molecule has 0 aliphatic rings. The quantitative estimate of drug-likeness (QED) is 0.589. The van der Waals surface area contributed by atoms with Crippen molar-refractivity contribution in [3.63, 3.8) is 0 Å². The largest absolute Gasteiger partial charge is 0.392 e. The first-order valence-electron chi connectivity index (χ1n) is 4.89. The van der Waals surface area contributed by atoms with Crippen LogP contribution in [0.25, 0.3) is 0 Å². The molecule has 0 bridgehead atoms. The maximum atomic E-state index is 8.98. The van der Waals surface area contributed by atoms with Gasteiger partial charge in [-0.3, -0.25) is 0 Å². The third-order valence-corrected chi connectivity index (χ3v) is 2.56. The molecule has 0 aromatic carbocycles. The van der Waals surface area contributed by atoms with Gasteiger partial charge < -0.3 is 15.7 Å². The Morgan fingerprint density at radius 3 is 2.86 bits per heavy atom. The minimum atomic E-state index is -0.258. The summed E-state index contributed by atoms with van der Waals surface area (Å²) >= 11 is 1.72. The van der Waals surface area contributed by atoms with Crippen LogP contribution in [-0.2, 0) is 6.54 Å². The van der Waals surface area contributed by atoms with Gasteiger partial charge in [-0.2, -0.15) is 11.3 Å². The zero-order chi connectivity index (χ0) is 10.2. The van der Waals surface area contributed by atoms with Crippen molar-refractivity contribution < 1.29 is 5.11 Å². The molecule has 0 saturated carbocycles. The van der Waals surface area contributed by atoms with Gasteiger partial charge in [-0.15, -0.1) is 0 Å². The molecule has 0 amide bonds. The molecule has 1 aromatic rings. The predicted octanol–water partition coefficient (Wildman–Crippen LogP) is 0.808. The Hall–Kier alpha value is -0.420. The first kappa shape index (κ1) is 11.7. The SMILES string of the molecule is CC(O)CNCCNCc1ccsc1. The van der Waals surface area contributed by atoms with Crippen molar-refractivity contribution in [2.24, 2.45) is 0 Å². The zero-order valence-electron chi connectivity index (χ0n) is 8.49. The second kappa shape index (κ2) is 6.95. The van der Waals surface area contributed by atoms with Crippen molar-refractivity contribution in [3.05, 3.63) is 22.4 Å². The van der Waals surface area contributed by atoms with Crippen molar-refractivity contribution >= 4 is 11.3 Å². The predicted molar refractivity (Wildman–Crippen MR) is 60.6 cm³/mol. The van der Waals surface area contributed by atoms with Crippen LogP contribution < -0.4 is 10.6 Å². The van der Waals surface area contributed by atoms with E-state index in [0.717, 1.165) is 19.6 Å². The van der Waals surface area contributed by atoms with Gasteiger partial charge in [0.15, 0.2) is 0 Å². The maximum Gasteiger partial charge on any atom is 0.0636 e. The summed E-state index contributed by atoms with van der Waals surface area (Å²) in [4.78, 5) is 0. The average Bonchev–Trinajstić information content (AvgIpc) is 2.63. The molecule has 0 spiro atoms. The van der Waals surface area contributed by atoms with Crippen LogP contribution in [0.5, 0.6) is 0 Å². The van der Waals surface area contributed by atoms with E-state index in [1.807, 2.05) is 0 Å². The fourth-order valence-corrected chi connectivity index (χ4v) is 1.78. The molecule has 1 heterocycles. The van der Waals surface area contributed by atoms with Crippen molar-refractivity contribution in [3.8, 4) is 0 Å². The van der Waals surface area contributed by atoms with Crippen LogP contribution in [0.3, 0.4) is 0 Å². The number of hydrogen-bond acceptors (Lipinski definition) is 4. The third kappa shape index (κ3) is 5.34. The van der Waals surface area contributed by atoms with Crippen molar-refractivity contribution in [2.45, 2.75) is 19.6 Å². The van der Waals surface area contributed by atoms with Crippen LogP contribution in [0.2, 0.25) is 0 Å². The molecule has 1 rings (SSSR count). The van der Waals surface area contributed by atoms with Gasteiger partial charge in [0.05, 0.1) is 6.10 Å². The summed E-state index contributed by atoms with van der Waals surface area (Å²) < 4.78 is 0. The van der Waals surface area contributed by atoms with Crippen molar-refractivity contribution in [1.29, 1.82) is 0 Å². The van der Waals surface area contributed by atoms with Gasteiger partial charge in [0.25, 0.3) is 0 Å². The fraction of sp³-hybridized carbons (Fsp3) is 0.600.